The second-order valence-corrected chi connectivity index (χ2v) is 4.77. The van der Waals surface area contributed by atoms with Gasteiger partial charge in [0.25, 0.3) is 0 Å². The van der Waals surface area contributed by atoms with Crippen molar-refractivity contribution in [2.45, 2.75) is 25.8 Å². The topological polar surface area (TPSA) is 35.2 Å². The second kappa shape index (κ2) is 7.06. The van der Waals surface area contributed by atoms with E-state index in [-0.39, 0.29) is 5.82 Å². The average molecular weight is 273 g/mol. The van der Waals surface area contributed by atoms with Crippen LogP contribution in [-0.2, 0) is 0 Å². The van der Waals surface area contributed by atoms with Crippen molar-refractivity contribution < 1.29 is 9.13 Å². The number of rotatable bonds is 6. The van der Waals surface area contributed by atoms with Gasteiger partial charge in [0.15, 0.2) is 0 Å². The summed E-state index contributed by atoms with van der Waals surface area (Å²) >= 11 is 0. The number of unbranched alkanes of at least 4 members (excludes halogenated alkanes) is 1. The maximum atomic E-state index is 13.7. The van der Waals surface area contributed by atoms with Crippen molar-refractivity contribution in [1.82, 2.24) is 0 Å². The summed E-state index contributed by atoms with van der Waals surface area (Å²) in [5, 5.41) is 0. The zero-order valence-electron chi connectivity index (χ0n) is 11.7. The summed E-state index contributed by atoms with van der Waals surface area (Å²) in [4.78, 5) is 0. The van der Waals surface area contributed by atoms with Crippen LogP contribution in [0.4, 0.5) is 4.39 Å². The summed E-state index contributed by atoms with van der Waals surface area (Å²) in [5.74, 6) is 0.547. The van der Waals surface area contributed by atoms with Crippen LogP contribution in [0.3, 0.4) is 0 Å². The monoisotopic (exact) mass is 273 g/mol. The number of hydrogen-bond donors (Lipinski definition) is 1. The molecule has 0 saturated heterocycles. The van der Waals surface area contributed by atoms with Gasteiger partial charge in [0, 0.05) is 5.56 Å². The molecule has 0 fully saturated rings. The lowest BCUT2D eigenvalue weighted by molar-refractivity contribution is 0.309. The van der Waals surface area contributed by atoms with Crippen LogP contribution < -0.4 is 10.5 Å². The van der Waals surface area contributed by atoms with Crippen LogP contribution >= 0.6 is 0 Å². The van der Waals surface area contributed by atoms with Gasteiger partial charge in [0.05, 0.1) is 12.6 Å². The van der Waals surface area contributed by atoms with E-state index in [0.717, 1.165) is 30.8 Å². The first-order valence-corrected chi connectivity index (χ1v) is 6.95. The maximum absolute atomic E-state index is 13.7. The van der Waals surface area contributed by atoms with E-state index in [2.05, 4.69) is 6.92 Å². The van der Waals surface area contributed by atoms with Crippen LogP contribution in [0.1, 0.15) is 36.9 Å². The Kier molecular flexibility index (Phi) is 5.13. The van der Waals surface area contributed by atoms with Crippen molar-refractivity contribution in [3.8, 4) is 5.75 Å². The summed E-state index contributed by atoms with van der Waals surface area (Å²) < 4.78 is 19.3. The zero-order chi connectivity index (χ0) is 14.4. The van der Waals surface area contributed by atoms with E-state index >= 15 is 0 Å². The van der Waals surface area contributed by atoms with E-state index in [1.54, 1.807) is 18.2 Å². The van der Waals surface area contributed by atoms with Gasteiger partial charge >= 0.3 is 0 Å². The van der Waals surface area contributed by atoms with E-state index in [1.807, 2.05) is 24.3 Å². The Balaban J connectivity index is 2.08. The normalized spacial score (nSPS) is 12.2. The summed E-state index contributed by atoms with van der Waals surface area (Å²) in [6.45, 7) is 2.84. The highest BCUT2D eigenvalue weighted by molar-refractivity contribution is 5.35. The molecule has 20 heavy (non-hydrogen) atoms. The largest absolute Gasteiger partial charge is 0.494 e. The zero-order valence-corrected chi connectivity index (χ0v) is 11.7. The molecule has 2 aromatic rings. The molecule has 3 heteroatoms. The number of hydrogen-bond acceptors (Lipinski definition) is 2. The molecule has 2 N–H and O–H groups in total. The van der Waals surface area contributed by atoms with Crippen molar-refractivity contribution in [3.05, 3.63) is 65.5 Å². The third-order valence-corrected chi connectivity index (χ3v) is 3.25. The van der Waals surface area contributed by atoms with Crippen LogP contribution in [-0.4, -0.2) is 6.61 Å². The summed E-state index contributed by atoms with van der Waals surface area (Å²) in [5.41, 5.74) is 7.49. The van der Waals surface area contributed by atoms with Crippen LogP contribution in [0.2, 0.25) is 0 Å². The van der Waals surface area contributed by atoms with Gasteiger partial charge in [-0.05, 0) is 30.2 Å². The molecule has 1 unspecified atom stereocenters. The molecule has 0 amide bonds. The number of ether oxygens (including phenoxy) is 1. The quantitative estimate of drug-likeness (QED) is 0.806. The van der Waals surface area contributed by atoms with Crippen LogP contribution in [0.5, 0.6) is 5.75 Å². The summed E-state index contributed by atoms with van der Waals surface area (Å²) in [6.07, 6.45) is 2.15. The van der Waals surface area contributed by atoms with Gasteiger partial charge in [-0.2, -0.15) is 0 Å². The SMILES string of the molecule is CCCCOc1ccc(C(N)c2ccccc2F)cc1. The van der Waals surface area contributed by atoms with Crippen molar-refractivity contribution in [2.75, 3.05) is 6.61 Å². The van der Waals surface area contributed by atoms with Gasteiger partial charge in [0.1, 0.15) is 11.6 Å². The highest BCUT2D eigenvalue weighted by atomic mass is 19.1. The number of benzene rings is 2. The first-order valence-electron chi connectivity index (χ1n) is 6.95. The molecule has 106 valence electrons. The van der Waals surface area contributed by atoms with E-state index in [1.165, 1.54) is 6.07 Å². The molecule has 1 atom stereocenters. The van der Waals surface area contributed by atoms with Gasteiger partial charge in [-0.25, -0.2) is 4.39 Å². The molecule has 0 radical (unpaired) electrons. The molecule has 0 aliphatic rings. The Bertz CT molecular complexity index is 539. The summed E-state index contributed by atoms with van der Waals surface area (Å²) in [6, 6.07) is 13.7. The third kappa shape index (κ3) is 3.58. The molecule has 2 nitrogen and oxygen atoms in total. The Morgan fingerprint density at radius 1 is 1.10 bits per heavy atom. The van der Waals surface area contributed by atoms with E-state index in [4.69, 9.17) is 10.5 Å². The molecular formula is C17H20FNO. The Morgan fingerprint density at radius 3 is 2.45 bits per heavy atom. The fraction of sp³-hybridized carbons (Fsp3) is 0.294. The van der Waals surface area contributed by atoms with Crippen LogP contribution in [0, 0.1) is 5.82 Å². The van der Waals surface area contributed by atoms with Crippen molar-refractivity contribution in [1.29, 1.82) is 0 Å². The van der Waals surface area contributed by atoms with Gasteiger partial charge in [-0.1, -0.05) is 43.7 Å². The average Bonchev–Trinajstić information content (AvgIpc) is 2.48. The molecule has 0 aliphatic heterocycles. The number of nitrogens with two attached hydrogens (primary N) is 1. The van der Waals surface area contributed by atoms with Gasteiger partial charge in [-0.15, -0.1) is 0 Å². The Morgan fingerprint density at radius 2 is 1.80 bits per heavy atom. The lowest BCUT2D eigenvalue weighted by Crippen LogP contribution is -2.13. The smallest absolute Gasteiger partial charge is 0.128 e. The standard InChI is InChI=1S/C17H20FNO/c1-2-3-12-20-14-10-8-13(9-11-14)17(19)15-6-4-5-7-16(15)18/h4-11,17H,2-3,12,19H2,1H3. The van der Waals surface area contributed by atoms with Crippen LogP contribution in [0.15, 0.2) is 48.5 Å². The molecule has 0 spiro atoms. The molecule has 0 aromatic heterocycles. The molecule has 2 rings (SSSR count). The molecule has 0 bridgehead atoms. The molecule has 2 aromatic carbocycles. The fourth-order valence-electron chi connectivity index (χ4n) is 2.01. The predicted octanol–water partition coefficient (Wildman–Crippen LogP) is 4.05. The van der Waals surface area contributed by atoms with Gasteiger partial charge in [0.2, 0.25) is 0 Å². The third-order valence-electron chi connectivity index (χ3n) is 3.25. The first-order chi connectivity index (χ1) is 9.72. The minimum Gasteiger partial charge on any atom is -0.494 e. The highest BCUT2D eigenvalue weighted by Gasteiger charge is 2.12. The maximum Gasteiger partial charge on any atom is 0.128 e. The lowest BCUT2D eigenvalue weighted by Gasteiger charge is -2.14. The highest BCUT2D eigenvalue weighted by Crippen LogP contribution is 2.24. The second-order valence-electron chi connectivity index (χ2n) is 4.77. The van der Waals surface area contributed by atoms with E-state index < -0.39 is 6.04 Å². The Hall–Kier alpha value is -1.87. The van der Waals surface area contributed by atoms with Gasteiger partial charge < -0.3 is 10.5 Å². The molecular weight excluding hydrogens is 253 g/mol. The predicted molar refractivity (Wildman–Crippen MR) is 79.3 cm³/mol. The van der Waals surface area contributed by atoms with Crippen molar-refractivity contribution in [2.24, 2.45) is 5.73 Å². The Labute approximate surface area is 119 Å². The minimum atomic E-state index is -0.458. The van der Waals surface area contributed by atoms with Crippen LogP contribution in [0.25, 0.3) is 0 Å². The van der Waals surface area contributed by atoms with Gasteiger partial charge in [-0.3, -0.25) is 0 Å². The first kappa shape index (κ1) is 14.5. The molecule has 0 saturated carbocycles. The molecule has 0 aliphatic carbocycles. The van der Waals surface area contributed by atoms with Crippen molar-refractivity contribution in [3.63, 3.8) is 0 Å². The fourth-order valence-corrected chi connectivity index (χ4v) is 2.01. The van der Waals surface area contributed by atoms with E-state index in [9.17, 15) is 4.39 Å². The molecule has 0 heterocycles. The number of halogens is 1. The lowest BCUT2D eigenvalue weighted by atomic mass is 9.99. The summed E-state index contributed by atoms with van der Waals surface area (Å²) in [7, 11) is 0. The van der Waals surface area contributed by atoms with E-state index in [0.29, 0.717) is 5.56 Å². The minimum absolute atomic E-state index is 0.275. The van der Waals surface area contributed by atoms with Crippen molar-refractivity contribution >= 4 is 0 Å².